The van der Waals surface area contributed by atoms with Gasteiger partial charge in [-0.3, -0.25) is 4.79 Å². The molecule has 8 nitrogen and oxygen atoms in total. The van der Waals surface area contributed by atoms with Gasteiger partial charge < -0.3 is 25.4 Å². The summed E-state index contributed by atoms with van der Waals surface area (Å²) in [7, 11) is 0. The van der Waals surface area contributed by atoms with E-state index in [2.05, 4.69) is 37.6 Å². The molecule has 2 aliphatic rings. The maximum absolute atomic E-state index is 12.4. The Morgan fingerprint density at radius 3 is 2.32 bits per heavy atom. The number of anilines is 4. The Morgan fingerprint density at radius 1 is 0.941 bits per heavy atom. The minimum Gasteiger partial charge on any atom is -0.380 e. The molecule has 0 atom stereocenters. The first-order valence-electron chi connectivity index (χ1n) is 11.8. The summed E-state index contributed by atoms with van der Waals surface area (Å²) < 4.78 is 5.42. The Bertz CT molecular complexity index is 1120. The van der Waals surface area contributed by atoms with Crippen molar-refractivity contribution in [1.82, 2.24) is 9.97 Å². The first-order valence-corrected chi connectivity index (χ1v) is 11.8. The molecule has 1 saturated heterocycles. The summed E-state index contributed by atoms with van der Waals surface area (Å²) in [5.41, 5.74) is 3.18. The number of ether oxygens (including phenoxy) is 1. The quantitative estimate of drug-likeness (QED) is 0.513. The van der Waals surface area contributed by atoms with Crippen molar-refractivity contribution in [1.29, 1.82) is 0 Å². The van der Waals surface area contributed by atoms with Gasteiger partial charge in [-0.25, -0.2) is 9.97 Å². The van der Waals surface area contributed by atoms with Crippen LogP contribution in [0.5, 0.6) is 0 Å². The number of amides is 1. The third-order valence-electron chi connectivity index (χ3n) is 6.45. The molecule has 1 saturated carbocycles. The minimum atomic E-state index is -1.24. The summed E-state index contributed by atoms with van der Waals surface area (Å²) in [4.78, 5) is 23.7. The molecule has 0 radical (unpaired) electrons. The fourth-order valence-corrected chi connectivity index (χ4v) is 4.44. The van der Waals surface area contributed by atoms with Gasteiger partial charge in [-0.05, 0) is 68.1 Å². The topological polar surface area (TPSA) is 99.6 Å². The molecule has 2 aromatic carbocycles. The lowest BCUT2D eigenvalue weighted by atomic mass is 10.0. The summed E-state index contributed by atoms with van der Waals surface area (Å²) in [6, 6.07) is 17.5. The van der Waals surface area contributed by atoms with Crippen molar-refractivity contribution >= 4 is 28.9 Å². The Balaban J connectivity index is 1.23. The van der Waals surface area contributed by atoms with Crippen molar-refractivity contribution in [3.63, 3.8) is 0 Å². The van der Waals surface area contributed by atoms with Gasteiger partial charge in [-0.1, -0.05) is 12.1 Å². The number of nitrogens with one attached hydrogen (secondary N) is 2. The van der Waals surface area contributed by atoms with E-state index in [1.807, 2.05) is 42.5 Å². The van der Waals surface area contributed by atoms with E-state index < -0.39 is 5.60 Å². The second-order valence-corrected chi connectivity index (χ2v) is 8.81. The van der Waals surface area contributed by atoms with Gasteiger partial charge in [-0.15, -0.1) is 0 Å². The number of carbonyl (C=O) groups excluding carboxylic acids is 1. The van der Waals surface area contributed by atoms with Crippen molar-refractivity contribution in [2.45, 2.75) is 31.3 Å². The molecule has 1 aliphatic heterocycles. The maximum Gasteiger partial charge on any atom is 0.256 e. The van der Waals surface area contributed by atoms with E-state index >= 15 is 0 Å². The van der Waals surface area contributed by atoms with Crippen LogP contribution in [0.3, 0.4) is 0 Å². The molecule has 2 heterocycles. The highest BCUT2D eigenvalue weighted by molar-refractivity contribution is 5.97. The van der Waals surface area contributed by atoms with Gasteiger partial charge in [0.15, 0.2) is 0 Å². The Hall–Kier alpha value is -3.49. The highest BCUT2D eigenvalue weighted by Gasteiger charge is 2.38. The molecule has 0 bridgehead atoms. The normalized spacial score (nSPS) is 17.4. The number of rotatable bonds is 6. The molecular weight excluding hydrogens is 430 g/mol. The molecule has 176 valence electrons. The molecular formula is C26H29N5O3. The van der Waals surface area contributed by atoms with Gasteiger partial charge in [0, 0.05) is 41.9 Å². The Morgan fingerprint density at radius 2 is 1.62 bits per heavy atom. The molecule has 0 unspecified atom stereocenters. The SMILES string of the molecule is O=C(Nc1ccc(-c2ccnc(Nc3ccc(N4CCOCC4)cc3)n2)cc1)C1(O)CCCC1. The standard InChI is InChI=1S/C26H29N5O3/c32-24(26(33)12-1-2-13-26)28-20-5-3-19(4-6-20)23-11-14-27-25(30-23)29-21-7-9-22(10-8-21)31-15-17-34-18-16-31/h3-11,14,33H,1-2,12-13,15-18H2,(H,28,32)(H,27,29,30). The first-order chi connectivity index (χ1) is 16.6. The molecule has 2 fully saturated rings. The highest BCUT2D eigenvalue weighted by atomic mass is 16.5. The maximum atomic E-state index is 12.4. The number of hydrogen-bond donors (Lipinski definition) is 3. The lowest BCUT2D eigenvalue weighted by Gasteiger charge is -2.28. The number of benzene rings is 2. The first kappa shape index (κ1) is 22.3. The highest BCUT2D eigenvalue weighted by Crippen LogP contribution is 2.31. The van der Waals surface area contributed by atoms with Crippen LogP contribution in [0.25, 0.3) is 11.3 Å². The van der Waals surface area contributed by atoms with Crippen LogP contribution >= 0.6 is 0 Å². The Labute approximate surface area is 199 Å². The number of morpholine rings is 1. The second kappa shape index (κ2) is 9.79. The van der Waals surface area contributed by atoms with E-state index in [0.717, 1.165) is 56.1 Å². The smallest absolute Gasteiger partial charge is 0.256 e. The van der Waals surface area contributed by atoms with E-state index in [4.69, 9.17) is 4.74 Å². The van der Waals surface area contributed by atoms with Gasteiger partial charge >= 0.3 is 0 Å². The number of hydrogen-bond acceptors (Lipinski definition) is 7. The predicted molar refractivity (Wildman–Crippen MR) is 132 cm³/mol. The third kappa shape index (κ3) is 5.03. The van der Waals surface area contributed by atoms with Crippen LogP contribution in [-0.4, -0.2) is 52.9 Å². The summed E-state index contributed by atoms with van der Waals surface area (Å²) in [6.07, 6.45) is 4.52. The molecule has 0 spiro atoms. The Kier molecular flexibility index (Phi) is 6.42. The van der Waals surface area contributed by atoms with Crippen molar-refractivity contribution in [3.8, 4) is 11.3 Å². The van der Waals surface area contributed by atoms with E-state index in [9.17, 15) is 9.90 Å². The van der Waals surface area contributed by atoms with Crippen molar-refractivity contribution < 1.29 is 14.6 Å². The fourth-order valence-electron chi connectivity index (χ4n) is 4.44. The summed E-state index contributed by atoms with van der Waals surface area (Å²) in [5, 5.41) is 16.5. The lowest BCUT2D eigenvalue weighted by Crippen LogP contribution is -2.40. The number of aromatic nitrogens is 2. The average molecular weight is 460 g/mol. The third-order valence-corrected chi connectivity index (χ3v) is 6.45. The van der Waals surface area contributed by atoms with Crippen LogP contribution in [-0.2, 0) is 9.53 Å². The van der Waals surface area contributed by atoms with Crippen LogP contribution < -0.4 is 15.5 Å². The van der Waals surface area contributed by atoms with Crippen molar-refractivity contribution in [2.75, 3.05) is 41.8 Å². The van der Waals surface area contributed by atoms with Crippen molar-refractivity contribution in [3.05, 3.63) is 60.8 Å². The van der Waals surface area contributed by atoms with Gasteiger partial charge in [0.05, 0.1) is 18.9 Å². The van der Waals surface area contributed by atoms with E-state index in [0.29, 0.717) is 24.5 Å². The second-order valence-electron chi connectivity index (χ2n) is 8.81. The molecule has 8 heteroatoms. The van der Waals surface area contributed by atoms with Crippen LogP contribution in [0.15, 0.2) is 60.8 Å². The lowest BCUT2D eigenvalue weighted by molar-refractivity contribution is -0.133. The van der Waals surface area contributed by atoms with Crippen molar-refractivity contribution in [2.24, 2.45) is 0 Å². The number of carbonyl (C=O) groups is 1. The van der Waals surface area contributed by atoms with E-state index in [-0.39, 0.29) is 5.91 Å². The molecule has 1 aliphatic carbocycles. The summed E-state index contributed by atoms with van der Waals surface area (Å²) in [6.45, 7) is 3.33. The number of nitrogens with zero attached hydrogens (tertiary/aromatic N) is 3. The molecule has 1 amide bonds. The van der Waals surface area contributed by atoms with Gasteiger partial charge in [0.1, 0.15) is 5.60 Å². The van der Waals surface area contributed by atoms with Gasteiger partial charge in [0.25, 0.3) is 5.91 Å². The zero-order valence-corrected chi connectivity index (χ0v) is 19.0. The molecule has 1 aromatic heterocycles. The summed E-state index contributed by atoms with van der Waals surface area (Å²) in [5.74, 6) is 0.184. The average Bonchev–Trinajstić information content (AvgIpc) is 3.33. The zero-order valence-electron chi connectivity index (χ0n) is 19.0. The predicted octanol–water partition coefficient (Wildman–Crippen LogP) is 3.97. The van der Waals surface area contributed by atoms with Crippen LogP contribution in [0.2, 0.25) is 0 Å². The molecule has 3 N–H and O–H groups in total. The van der Waals surface area contributed by atoms with Gasteiger partial charge in [-0.2, -0.15) is 0 Å². The molecule has 5 rings (SSSR count). The zero-order chi connectivity index (χ0) is 23.4. The molecule has 34 heavy (non-hydrogen) atoms. The largest absolute Gasteiger partial charge is 0.380 e. The van der Waals surface area contributed by atoms with Crippen LogP contribution in [0, 0.1) is 0 Å². The van der Waals surface area contributed by atoms with E-state index in [1.54, 1.807) is 6.20 Å². The fraction of sp³-hybridized carbons (Fsp3) is 0.346. The van der Waals surface area contributed by atoms with Crippen LogP contribution in [0.4, 0.5) is 23.0 Å². The van der Waals surface area contributed by atoms with Crippen LogP contribution in [0.1, 0.15) is 25.7 Å². The van der Waals surface area contributed by atoms with E-state index in [1.165, 1.54) is 5.69 Å². The minimum absolute atomic E-state index is 0.328. The van der Waals surface area contributed by atoms with Gasteiger partial charge in [0.2, 0.25) is 5.95 Å². The molecule has 3 aromatic rings. The monoisotopic (exact) mass is 459 g/mol. The summed E-state index contributed by atoms with van der Waals surface area (Å²) >= 11 is 0. The number of aliphatic hydroxyl groups is 1.